The fourth-order valence-electron chi connectivity index (χ4n) is 2.80. The molecule has 1 N–H and O–H groups in total. The highest BCUT2D eigenvalue weighted by atomic mass is 35.5. The van der Waals surface area contributed by atoms with E-state index >= 15 is 0 Å². The summed E-state index contributed by atoms with van der Waals surface area (Å²) in [5.74, 6) is 0.386. The highest BCUT2D eigenvalue weighted by Gasteiger charge is 2.27. The lowest BCUT2D eigenvalue weighted by molar-refractivity contribution is -0.132. The van der Waals surface area contributed by atoms with Crippen molar-refractivity contribution in [3.63, 3.8) is 0 Å². The van der Waals surface area contributed by atoms with Crippen LogP contribution >= 0.6 is 23.2 Å². The molecule has 0 saturated carbocycles. The Bertz CT molecular complexity index is 660. The first-order valence-corrected chi connectivity index (χ1v) is 9.76. The second-order valence-corrected chi connectivity index (χ2v) is 7.92. The van der Waals surface area contributed by atoms with Crippen molar-refractivity contribution in [2.24, 2.45) is 11.8 Å². The minimum Gasteiger partial charge on any atom is -0.353 e. The molecule has 0 bridgehead atoms. The standard InChI is InChI=1S/C20H26Cl2N2O2/c1-13(2)14(3)23-20(26)15-9-11-24(12-10-15)19(25)8-7-16-17(21)5-4-6-18(16)22/h4-8,13-15H,9-12H2,1-3H3,(H,23,26)/b8-7+. The van der Waals surface area contributed by atoms with Crippen molar-refractivity contribution >= 4 is 41.1 Å². The monoisotopic (exact) mass is 396 g/mol. The summed E-state index contributed by atoms with van der Waals surface area (Å²) in [5, 5.41) is 4.09. The van der Waals surface area contributed by atoms with Gasteiger partial charge in [-0.3, -0.25) is 9.59 Å². The number of piperidine rings is 1. The van der Waals surface area contributed by atoms with Gasteiger partial charge in [0.15, 0.2) is 0 Å². The number of hydrogen-bond donors (Lipinski definition) is 1. The number of rotatable bonds is 5. The second kappa shape index (κ2) is 9.43. The number of nitrogens with zero attached hydrogens (tertiary/aromatic N) is 1. The summed E-state index contributed by atoms with van der Waals surface area (Å²) in [7, 11) is 0. The molecule has 1 aliphatic heterocycles. The van der Waals surface area contributed by atoms with Crippen molar-refractivity contribution in [2.75, 3.05) is 13.1 Å². The van der Waals surface area contributed by atoms with Crippen LogP contribution in [0.5, 0.6) is 0 Å². The molecule has 0 spiro atoms. The van der Waals surface area contributed by atoms with E-state index in [-0.39, 0.29) is 23.8 Å². The van der Waals surface area contributed by atoms with E-state index in [0.29, 0.717) is 47.5 Å². The summed E-state index contributed by atoms with van der Waals surface area (Å²) in [4.78, 5) is 26.5. The maximum absolute atomic E-state index is 12.4. The van der Waals surface area contributed by atoms with Crippen molar-refractivity contribution in [1.29, 1.82) is 0 Å². The molecule has 2 rings (SSSR count). The predicted octanol–water partition coefficient (Wildman–Crippen LogP) is 4.41. The van der Waals surface area contributed by atoms with Crippen molar-refractivity contribution < 1.29 is 9.59 Å². The third-order valence-corrected chi connectivity index (χ3v) is 5.60. The van der Waals surface area contributed by atoms with Gasteiger partial charge in [-0.05, 0) is 43.9 Å². The molecule has 1 aromatic carbocycles. The number of amides is 2. The molecule has 0 aliphatic carbocycles. The molecule has 1 heterocycles. The van der Waals surface area contributed by atoms with Crippen LogP contribution in [0.15, 0.2) is 24.3 Å². The van der Waals surface area contributed by atoms with E-state index in [1.54, 1.807) is 29.2 Å². The summed E-state index contributed by atoms with van der Waals surface area (Å²) >= 11 is 12.2. The summed E-state index contributed by atoms with van der Waals surface area (Å²) in [5.41, 5.74) is 0.640. The Morgan fingerprint density at radius 2 is 1.73 bits per heavy atom. The molecule has 1 aliphatic rings. The summed E-state index contributed by atoms with van der Waals surface area (Å²) < 4.78 is 0. The van der Waals surface area contributed by atoms with Gasteiger partial charge in [-0.25, -0.2) is 0 Å². The van der Waals surface area contributed by atoms with Crippen molar-refractivity contribution in [3.05, 3.63) is 39.9 Å². The van der Waals surface area contributed by atoms with Crippen molar-refractivity contribution in [1.82, 2.24) is 10.2 Å². The normalized spacial score (nSPS) is 16.9. The van der Waals surface area contributed by atoms with E-state index in [1.807, 2.05) is 6.92 Å². The third kappa shape index (κ3) is 5.49. The van der Waals surface area contributed by atoms with Crippen LogP contribution in [0.25, 0.3) is 6.08 Å². The number of hydrogen-bond acceptors (Lipinski definition) is 2. The third-order valence-electron chi connectivity index (χ3n) is 4.94. The molecule has 0 radical (unpaired) electrons. The van der Waals surface area contributed by atoms with E-state index in [0.717, 1.165) is 0 Å². The average molecular weight is 397 g/mol. The largest absolute Gasteiger partial charge is 0.353 e. The smallest absolute Gasteiger partial charge is 0.246 e. The molecule has 26 heavy (non-hydrogen) atoms. The number of carbonyl (C=O) groups excluding carboxylic acids is 2. The Balaban J connectivity index is 1.88. The van der Waals surface area contributed by atoms with Crippen LogP contribution in [0, 0.1) is 11.8 Å². The van der Waals surface area contributed by atoms with Crippen LogP contribution in [-0.4, -0.2) is 35.8 Å². The average Bonchev–Trinajstić information content (AvgIpc) is 2.61. The highest BCUT2D eigenvalue weighted by Crippen LogP contribution is 2.26. The van der Waals surface area contributed by atoms with Gasteiger partial charge in [-0.1, -0.05) is 43.1 Å². The zero-order chi connectivity index (χ0) is 19.3. The second-order valence-electron chi connectivity index (χ2n) is 7.11. The topological polar surface area (TPSA) is 49.4 Å². The number of benzene rings is 1. The number of likely N-dealkylation sites (tertiary alicyclic amines) is 1. The maximum atomic E-state index is 12.4. The molecule has 142 valence electrons. The maximum Gasteiger partial charge on any atom is 0.246 e. The van der Waals surface area contributed by atoms with Gasteiger partial charge < -0.3 is 10.2 Å². The molecule has 1 aromatic rings. The van der Waals surface area contributed by atoms with Gasteiger partial charge in [0.1, 0.15) is 0 Å². The van der Waals surface area contributed by atoms with Crippen LogP contribution < -0.4 is 5.32 Å². The molecule has 0 aromatic heterocycles. The van der Waals surface area contributed by atoms with Gasteiger partial charge in [0.05, 0.1) is 0 Å². The molecule has 2 amide bonds. The molecule has 1 saturated heterocycles. The fraction of sp³-hybridized carbons (Fsp3) is 0.500. The predicted molar refractivity (Wildman–Crippen MR) is 107 cm³/mol. The Morgan fingerprint density at radius 3 is 2.27 bits per heavy atom. The Labute approximate surface area is 165 Å². The van der Waals surface area contributed by atoms with Crippen LogP contribution in [0.3, 0.4) is 0 Å². The molecular weight excluding hydrogens is 371 g/mol. The summed E-state index contributed by atoms with van der Waals surface area (Å²) in [6.07, 6.45) is 4.51. The van der Waals surface area contributed by atoms with E-state index < -0.39 is 0 Å². The molecule has 4 nitrogen and oxygen atoms in total. The Kier molecular flexibility index (Phi) is 7.54. The van der Waals surface area contributed by atoms with Crippen LogP contribution in [0.2, 0.25) is 10.0 Å². The van der Waals surface area contributed by atoms with E-state index in [4.69, 9.17) is 23.2 Å². The Morgan fingerprint density at radius 1 is 1.15 bits per heavy atom. The highest BCUT2D eigenvalue weighted by molar-refractivity contribution is 6.37. The number of halogens is 2. The van der Waals surface area contributed by atoms with Crippen LogP contribution in [-0.2, 0) is 9.59 Å². The first-order chi connectivity index (χ1) is 12.3. The van der Waals surface area contributed by atoms with Crippen molar-refractivity contribution in [3.8, 4) is 0 Å². The minimum atomic E-state index is -0.0876. The SMILES string of the molecule is CC(C)C(C)NC(=O)C1CCN(C(=O)/C=C/c2c(Cl)cccc2Cl)CC1. The molecule has 1 atom stereocenters. The summed E-state index contributed by atoms with van der Waals surface area (Å²) in [6, 6.07) is 5.39. The lowest BCUT2D eigenvalue weighted by Gasteiger charge is -2.31. The first-order valence-electron chi connectivity index (χ1n) is 9.01. The molecule has 1 unspecified atom stereocenters. The first kappa shape index (κ1) is 20.8. The zero-order valence-electron chi connectivity index (χ0n) is 15.5. The summed E-state index contributed by atoms with van der Waals surface area (Å²) in [6.45, 7) is 7.35. The number of carbonyl (C=O) groups is 2. The van der Waals surface area contributed by atoms with Gasteiger partial charge in [-0.2, -0.15) is 0 Å². The molecule has 6 heteroatoms. The van der Waals surface area contributed by atoms with Gasteiger partial charge in [0.25, 0.3) is 0 Å². The Hall–Kier alpha value is -1.52. The van der Waals surface area contributed by atoms with Gasteiger partial charge >= 0.3 is 0 Å². The quantitative estimate of drug-likeness (QED) is 0.749. The van der Waals surface area contributed by atoms with Crippen molar-refractivity contribution in [2.45, 2.75) is 39.7 Å². The van der Waals surface area contributed by atoms with E-state index in [2.05, 4.69) is 19.2 Å². The van der Waals surface area contributed by atoms with Gasteiger partial charge in [0.2, 0.25) is 11.8 Å². The van der Waals surface area contributed by atoms with Gasteiger partial charge in [0, 0.05) is 46.7 Å². The zero-order valence-corrected chi connectivity index (χ0v) is 17.0. The van der Waals surface area contributed by atoms with Gasteiger partial charge in [-0.15, -0.1) is 0 Å². The number of nitrogens with one attached hydrogen (secondary N) is 1. The van der Waals surface area contributed by atoms with E-state index in [1.165, 1.54) is 6.08 Å². The van der Waals surface area contributed by atoms with E-state index in [9.17, 15) is 9.59 Å². The molecule has 1 fully saturated rings. The van der Waals surface area contributed by atoms with Crippen LogP contribution in [0.1, 0.15) is 39.2 Å². The lowest BCUT2D eigenvalue weighted by Crippen LogP contribution is -2.45. The lowest BCUT2D eigenvalue weighted by atomic mass is 9.94. The fourth-order valence-corrected chi connectivity index (χ4v) is 3.32. The van der Waals surface area contributed by atoms with Crippen LogP contribution in [0.4, 0.5) is 0 Å². The molecular formula is C20H26Cl2N2O2. The minimum absolute atomic E-state index is 0.0257.